The molecular weight excluding hydrogens is 232 g/mol. The molecule has 0 N–H and O–H groups in total. The molecule has 18 heavy (non-hydrogen) atoms. The summed E-state index contributed by atoms with van der Waals surface area (Å²) in [6.45, 7) is 2.60. The molecule has 1 aliphatic rings. The number of carbonyl (C=O) groups is 1. The van der Waals surface area contributed by atoms with Gasteiger partial charge in [0.1, 0.15) is 0 Å². The predicted molar refractivity (Wildman–Crippen MR) is 65.9 cm³/mol. The van der Waals surface area contributed by atoms with Crippen LogP contribution in [0.25, 0.3) is 0 Å². The van der Waals surface area contributed by atoms with Gasteiger partial charge in [-0.3, -0.25) is 4.79 Å². The monoisotopic (exact) mass is 252 g/mol. The number of amides is 1. The molecule has 0 saturated carbocycles. The maximum Gasteiger partial charge on any atom is 0.226 e. The topological polar surface area (TPSA) is 62.5 Å². The van der Waals surface area contributed by atoms with Crippen LogP contribution in [0.1, 0.15) is 18.7 Å². The molecule has 100 valence electrons. The molecular formula is C12H20N4O2. The first kappa shape index (κ1) is 13.0. The van der Waals surface area contributed by atoms with Crippen molar-refractivity contribution in [3.05, 3.63) is 12.2 Å². The number of likely N-dealkylation sites (N-methyl/N-ethyl adjacent to an activating group) is 1. The van der Waals surface area contributed by atoms with Gasteiger partial charge < -0.3 is 14.3 Å². The van der Waals surface area contributed by atoms with Crippen molar-refractivity contribution in [3.63, 3.8) is 0 Å². The molecule has 0 unspecified atom stereocenters. The summed E-state index contributed by atoms with van der Waals surface area (Å²) in [5.74, 6) is 1.01. The van der Waals surface area contributed by atoms with E-state index in [1.807, 2.05) is 7.05 Å². The third-order valence-corrected chi connectivity index (χ3v) is 3.43. The smallest absolute Gasteiger partial charge is 0.226 e. The zero-order chi connectivity index (χ0) is 13.0. The Labute approximate surface area is 107 Å². The standard InChI is InChI=1S/C12H20N4O2/c1-15-6-3-4-10(8-15)12(17)16(2)7-5-11-13-9-18-14-11/h9-10H,3-8H2,1-2H3/t10-/m0/s1. The molecule has 2 heterocycles. The second-order valence-corrected chi connectivity index (χ2v) is 4.96. The van der Waals surface area contributed by atoms with Crippen LogP contribution in [0, 0.1) is 5.92 Å². The van der Waals surface area contributed by atoms with E-state index >= 15 is 0 Å². The quantitative estimate of drug-likeness (QED) is 0.777. The van der Waals surface area contributed by atoms with Gasteiger partial charge in [-0.05, 0) is 26.4 Å². The van der Waals surface area contributed by atoms with E-state index in [9.17, 15) is 4.79 Å². The first-order chi connectivity index (χ1) is 8.66. The number of aromatic nitrogens is 2. The maximum atomic E-state index is 12.2. The normalized spacial score (nSPS) is 20.9. The van der Waals surface area contributed by atoms with E-state index in [4.69, 9.17) is 0 Å². The Morgan fingerprint density at radius 1 is 1.67 bits per heavy atom. The summed E-state index contributed by atoms with van der Waals surface area (Å²) in [4.78, 5) is 20.2. The number of likely N-dealkylation sites (tertiary alicyclic amines) is 1. The molecule has 2 rings (SSSR count). The van der Waals surface area contributed by atoms with Crippen LogP contribution in [-0.4, -0.2) is 59.6 Å². The van der Waals surface area contributed by atoms with Gasteiger partial charge in [0.15, 0.2) is 5.82 Å². The number of carbonyl (C=O) groups excluding carboxylic acids is 1. The SMILES string of the molecule is CN1CCC[C@H](C(=O)N(C)CCc2ncon2)C1. The van der Waals surface area contributed by atoms with Crippen molar-refractivity contribution >= 4 is 5.91 Å². The van der Waals surface area contributed by atoms with Gasteiger partial charge in [-0.1, -0.05) is 5.16 Å². The summed E-state index contributed by atoms with van der Waals surface area (Å²) < 4.78 is 4.67. The molecule has 1 amide bonds. The minimum atomic E-state index is 0.138. The van der Waals surface area contributed by atoms with Gasteiger partial charge >= 0.3 is 0 Å². The van der Waals surface area contributed by atoms with Crippen LogP contribution >= 0.6 is 0 Å². The second-order valence-electron chi connectivity index (χ2n) is 4.96. The molecule has 6 nitrogen and oxygen atoms in total. The highest BCUT2D eigenvalue weighted by molar-refractivity contribution is 5.78. The molecule has 0 aromatic carbocycles. The first-order valence-electron chi connectivity index (χ1n) is 6.35. The molecule has 1 aliphatic heterocycles. The highest BCUT2D eigenvalue weighted by atomic mass is 16.5. The molecule has 1 aromatic heterocycles. The Kier molecular flexibility index (Phi) is 4.30. The third kappa shape index (κ3) is 3.29. The Morgan fingerprint density at radius 3 is 3.17 bits per heavy atom. The Bertz CT molecular complexity index is 379. The van der Waals surface area contributed by atoms with Crippen LogP contribution in [0.4, 0.5) is 0 Å². The average molecular weight is 252 g/mol. The summed E-state index contributed by atoms with van der Waals surface area (Å²) in [5, 5.41) is 3.74. The van der Waals surface area contributed by atoms with E-state index in [0.717, 1.165) is 25.9 Å². The van der Waals surface area contributed by atoms with Gasteiger partial charge in [0.2, 0.25) is 12.3 Å². The zero-order valence-corrected chi connectivity index (χ0v) is 11.0. The number of hydrogen-bond acceptors (Lipinski definition) is 5. The van der Waals surface area contributed by atoms with Crippen molar-refractivity contribution < 1.29 is 9.32 Å². The second kappa shape index (κ2) is 5.95. The molecule has 0 spiro atoms. The van der Waals surface area contributed by atoms with E-state index in [-0.39, 0.29) is 11.8 Å². The van der Waals surface area contributed by atoms with Crippen molar-refractivity contribution in [3.8, 4) is 0 Å². The number of hydrogen-bond donors (Lipinski definition) is 0. The summed E-state index contributed by atoms with van der Waals surface area (Å²) in [7, 11) is 3.91. The lowest BCUT2D eigenvalue weighted by Crippen LogP contribution is -2.42. The number of piperidine rings is 1. The van der Waals surface area contributed by atoms with Crippen molar-refractivity contribution in [2.24, 2.45) is 5.92 Å². The van der Waals surface area contributed by atoms with Gasteiger partial charge in [0, 0.05) is 26.6 Å². The van der Waals surface area contributed by atoms with Crippen LogP contribution < -0.4 is 0 Å². The van der Waals surface area contributed by atoms with Crippen LogP contribution in [0.2, 0.25) is 0 Å². The molecule has 1 fully saturated rings. The lowest BCUT2D eigenvalue weighted by molar-refractivity contribution is -0.135. The third-order valence-electron chi connectivity index (χ3n) is 3.43. The van der Waals surface area contributed by atoms with Gasteiger partial charge in [-0.25, -0.2) is 0 Å². The lowest BCUT2D eigenvalue weighted by atomic mass is 9.97. The van der Waals surface area contributed by atoms with Crippen molar-refractivity contribution in [2.45, 2.75) is 19.3 Å². The number of nitrogens with zero attached hydrogens (tertiary/aromatic N) is 4. The van der Waals surface area contributed by atoms with E-state index in [0.29, 0.717) is 18.8 Å². The van der Waals surface area contributed by atoms with Crippen molar-refractivity contribution in [1.82, 2.24) is 19.9 Å². The predicted octanol–water partition coefficient (Wildman–Crippen LogP) is 0.412. The Morgan fingerprint density at radius 2 is 2.50 bits per heavy atom. The van der Waals surface area contributed by atoms with E-state index < -0.39 is 0 Å². The molecule has 6 heteroatoms. The summed E-state index contributed by atoms with van der Waals surface area (Å²) >= 11 is 0. The zero-order valence-electron chi connectivity index (χ0n) is 11.0. The van der Waals surface area contributed by atoms with Crippen LogP contribution in [0.15, 0.2) is 10.9 Å². The highest BCUT2D eigenvalue weighted by Gasteiger charge is 2.26. The van der Waals surface area contributed by atoms with E-state index in [2.05, 4.69) is 26.6 Å². The van der Waals surface area contributed by atoms with Crippen molar-refractivity contribution in [1.29, 1.82) is 0 Å². The molecule has 0 radical (unpaired) electrons. The summed E-state index contributed by atoms with van der Waals surface area (Å²) in [6.07, 6.45) is 4.05. The maximum absolute atomic E-state index is 12.2. The minimum absolute atomic E-state index is 0.138. The van der Waals surface area contributed by atoms with Crippen LogP contribution in [-0.2, 0) is 11.2 Å². The fourth-order valence-corrected chi connectivity index (χ4v) is 2.36. The fraction of sp³-hybridized carbons (Fsp3) is 0.750. The van der Waals surface area contributed by atoms with Gasteiger partial charge in [0.25, 0.3) is 0 Å². The average Bonchev–Trinajstić information content (AvgIpc) is 2.88. The Hall–Kier alpha value is -1.43. The van der Waals surface area contributed by atoms with Crippen LogP contribution in [0.3, 0.4) is 0 Å². The van der Waals surface area contributed by atoms with Gasteiger partial charge in [-0.15, -0.1) is 0 Å². The number of rotatable bonds is 4. The Balaban J connectivity index is 1.80. The molecule has 0 aliphatic carbocycles. The fourth-order valence-electron chi connectivity index (χ4n) is 2.36. The molecule has 1 atom stereocenters. The largest absolute Gasteiger partial charge is 0.345 e. The first-order valence-corrected chi connectivity index (χ1v) is 6.35. The molecule has 1 aromatic rings. The van der Waals surface area contributed by atoms with E-state index in [1.165, 1.54) is 6.39 Å². The summed E-state index contributed by atoms with van der Waals surface area (Å²) in [6, 6.07) is 0. The van der Waals surface area contributed by atoms with Crippen LogP contribution in [0.5, 0.6) is 0 Å². The molecule has 1 saturated heterocycles. The van der Waals surface area contributed by atoms with Crippen molar-refractivity contribution in [2.75, 3.05) is 33.7 Å². The van der Waals surface area contributed by atoms with Gasteiger partial charge in [-0.2, -0.15) is 4.98 Å². The lowest BCUT2D eigenvalue weighted by Gasteiger charge is -2.31. The minimum Gasteiger partial charge on any atom is -0.345 e. The van der Waals surface area contributed by atoms with Gasteiger partial charge in [0.05, 0.1) is 5.92 Å². The highest BCUT2D eigenvalue weighted by Crippen LogP contribution is 2.17. The summed E-state index contributed by atoms with van der Waals surface area (Å²) in [5.41, 5.74) is 0. The van der Waals surface area contributed by atoms with E-state index in [1.54, 1.807) is 4.90 Å². The molecule has 0 bridgehead atoms.